The summed E-state index contributed by atoms with van der Waals surface area (Å²) in [4.78, 5) is 41.1. The zero-order valence-corrected chi connectivity index (χ0v) is 56.5. The number of hydrogen-bond donors (Lipinski definition) is 3. The minimum absolute atomic E-state index is 0.0357. The summed E-state index contributed by atoms with van der Waals surface area (Å²) < 4.78 is 107. The first-order chi connectivity index (χ1) is 37.3. The van der Waals surface area contributed by atoms with Gasteiger partial charge in [0.05, 0.1) is 38.7 Å². The molecule has 1 aliphatic heterocycles. The lowest BCUT2D eigenvalue weighted by Crippen LogP contribution is -2.37. The number of rotatable bonds is 54. The molecule has 1 aliphatic rings. The molecule has 0 aromatic rings. The highest BCUT2D eigenvalue weighted by Crippen LogP contribution is 2.82. The Morgan fingerprint density at radius 3 is 0.628 bits per heavy atom. The molecule has 21 heteroatoms. The fraction of sp³-hybridized carbons (Fsp3) is 1.00. The summed E-state index contributed by atoms with van der Waals surface area (Å²) in [6.07, 6.45) is 33.0. The molecule has 0 bridgehead atoms. The fourth-order valence-electron chi connectivity index (χ4n) is 10.3. The van der Waals surface area contributed by atoms with Crippen molar-refractivity contribution in [1.82, 2.24) is 14.7 Å². The van der Waals surface area contributed by atoms with Crippen LogP contribution in [0.15, 0.2) is 0 Å². The summed E-state index contributed by atoms with van der Waals surface area (Å²) in [5, 5.41) is 0. The quantitative estimate of drug-likeness (QED) is 0.0383. The van der Waals surface area contributed by atoms with Crippen LogP contribution in [-0.4, -0.2) is 126 Å². The SMILES string of the molecule is CCCCCCCCOP(=O)(O)P(=O)(CCCCCCCC)CN1CCN(CP(=O)(CCCCCCCC)P(=O)(O)OCCCCCCCC)CCN(CP(=O)(CCCCCCCC)P(=O)(O)OCCCCCCCC)CC1. The van der Waals surface area contributed by atoms with Crippen LogP contribution in [0.2, 0.25) is 0 Å². The van der Waals surface area contributed by atoms with Crippen LogP contribution in [0.3, 0.4) is 0 Å². The molecule has 15 nitrogen and oxygen atoms in total. The highest BCUT2D eigenvalue weighted by molar-refractivity contribution is 8.32. The van der Waals surface area contributed by atoms with Gasteiger partial charge >= 0.3 is 21.9 Å². The van der Waals surface area contributed by atoms with E-state index in [2.05, 4.69) is 41.5 Å². The summed E-state index contributed by atoms with van der Waals surface area (Å²) in [5.41, 5.74) is 0. The van der Waals surface area contributed by atoms with Crippen molar-refractivity contribution in [2.24, 2.45) is 0 Å². The molecule has 1 rings (SSSR count). The van der Waals surface area contributed by atoms with E-state index < -0.39 is 42.3 Å². The lowest BCUT2D eigenvalue weighted by Gasteiger charge is -2.32. The molecule has 0 aromatic carbocycles. The Morgan fingerprint density at radius 2 is 0.436 bits per heavy atom. The van der Waals surface area contributed by atoms with Crippen molar-refractivity contribution in [3.63, 3.8) is 0 Å². The Hall–Kier alpha value is 1.02. The Balaban J connectivity index is 3.81. The molecular formula is C57H123N3O12P6. The molecule has 1 fully saturated rings. The van der Waals surface area contributed by atoms with E-state index >= 15 is 13.7 Å². The van der Waals surface area contributed by atoms with Crippen LogP contribution in [0.1, 0.15) is 273 Å². The van der Waals surface area contributed by atoms with Crippen molar-refractivity contribution in [2.75, 3.05) is 96.4 Å². The van der Waals surface area contributed by atoms with E-state index in [0.29, 0.717) is 38.5 Å². The third kappa shape index (κ3) is 33.6. The minimum atomic E-state index is -4.65. The van der Waals surface area contributed by atoms with Crippen molar-refractivity contribution in [2.45, 2.75) is 273 Å². The van der Waals surface area contributed by atoms with Crippen LogP contribution in [0, 0.1) is 0 Å². The lowest BCUT2D eigenvalue weighted by atomic mass is 10.1. The van der Waals surface area contributed by atoms with Gasteiger partial charge in [-0.25, -0.2) is 0 Å². The normalized spacial score (nSPS) is 19.2. The van der Waals surface area contributed by atoms with Crippen molar-refractivity contribution in [3.8, 4) is 0 Å². The second-order valence-electron chi connectivity index (χ2n) is 23.1. The van der Waals surface area contributed by atoms with E-state index in [1.165, 1.54) is 0 Å². The molecule has 1 heterocycles. The maximum atomic E-state index is 15.4. The van der Waals surface area contributed by atoms with Gasteiger partial charge in [0, 0.05) is 57.8 Å². The van der Waals surface area contributed by atoms with Gasteiger partial charge in [-0.05, 0) is 38.5 Å². The van der Waals surface area contributed by atoms with Crippen LogP contribution in [0.5, 0.6) is 0 Å². The zero-order valence-electron chi connectivity index (χ0n) is 51.1. The van der Waals surface area contributed by atoms with Gasteiger partial charge in [0.2, 0.25) is 20.5 Å². The Labute approximate surface area is 479 Å². The molecule has 78 heavy (non-hydrogen) atoms. The average molecular weight is 1230 g/mol. The molecule has 468 valence electrons. The summed E-state index contributed by atoms with van der Waals surface area (Å²) in [7, 11) is -13.9. The van der Waals surface area contributed by atoms with Gasteiger partial charge in [-0.2, -0.15) is 0 Å². The lowest BCUT2D eigenvalue weighted by molar-refractivity contribution is 0.248. The summed E-state index contributed by atoms with van der Waals surface area (Å²) in [5.74, 6) is 0. The van der Waals surface area contributed by atoms with Gasteiger partial charge in [0.25, 0.3) is 0 Å². The van der Waals surface area contributed by atoms with Gasteiger partial charge in [0.15, 0.2) is 0 Å². The van der Waals surface area contributed by atoms with Crippen molar-refractivity contribution < 1.29 is 55.6 Å². The topological polar surface area (TPSA) is 201 Å². The average Bonchev–Trinajstić information content (AvgIpc) is 3.48. The fourth-order valence-corrected chi connectivity index (χ4v) is 27.8. The summed E-state index contributed by atoms with van der Waals surface area (Å²) >= 11 is 0. The molecule has 6 unspecified atom stereocenters. The van der Waals surface area contributed by atoms with Crippen LogP contribution < -0.4 is 0 Å². The second-order valence-corrected chi connectivity index (χ2v) is 45.2. The van der Waals surface area contributed by atoms with Gasteiger partial charge in [0.1, 0.15) is 0 Å². The standard InChI is InChI=1S/C57H123N3O12P6/c1-7-13-19-25-31-37-49-70-76(64,65)73(61,52-40-34-28-22-16-10-4)55-58-43-45-59(56-74(62,53-41-35-29-23-17-11-5)77(66,67)71-50-38-32-26-20-14-8-2)47-48-60(46-44-58)57-75(63,54-42-36-30-24-18-12-6)78(68,69)72-51-39-33-27-21-15-9-3/h7-57H2,1-6H3,(H,64,65)(H,66,67)(H,68,69). The summed E-state index contributed by atoms with van der Waals surface area (Å²) in [6.45, 7) is 2.53. The molecule has 0 aliphatic carbocycles. The van der Waals surface area contributed by atoms with E-state index in [0.717, 1.165) is 193 Å². The molecule has 1 saturated heterocycles. The van der Waals surface area contributed by atoms with Crippen molar-refractivity contribution >= 4 is 42.3 Å². The predicted molar refractivity (Wildman–Crippen MR) is 334 cm³/mol. The maximum absolute atomic E-state index is 15.4. The first-order valence-corrected chi connectivity index (χ1v) is 45.3. The van der Waals surface area contributed by atoms with E-state index in [4.69, 9.17) is 13.6 Å². The third-order valence-electron chi connectivity index (χ3n) is 15.7. The summed E-state index contributed by atoms with van der Waals surface area (Å²) in [6, 6.07) is 0. The highest BCUT2D eigenvalue weighted by atomic mass is 32.1. The molecule has 0 saturated carbocycles. The minimum Gasteiger partial charge on any atom is -0.319 e. The van der Waals surface area contributed by atoms with E-state index in [1.54, 1.807) is 0 Å². The highest BCUT2D eigenvalue weighted by Gasteiger charge is 2.48. The molecule has 0 amide bonds. The Bertz CT molecular complexity index is 1560. The van der Waals surface area contributed by atoms with Crippen molar-refractivity contribution in [3.05, 3.63) is 0 Å². The first-order valence-electron chi connectivity index (χ1n) is 32.2. The third-order valence-corrected chi connectivity index (χ3v) is 37.9. The monoisotopic (exact) mass is 1230 g/mol. The predicted octanol–water partition coefficient (Wildman–Crippen LogP) is 19.4. The molecule has 0 aromatic heterocycles. The number of hydrogen-bond acceptors (Lipinski definition) is 12. The van der Waals surface area contributed by atoms with Crippen LogP contribution in [-0.2, 0) is 41.0 Å². The molecular weight excluding hydrogens is 1100 g/mol. The smallest absolute Gasteiger partial charge is 0.319 e. The van der Waals surface area contributed by atoms with Gasteiger partial charge in [-0.15, -0.1) is 0 Å². The maximum Gasteiger partial charge on any atom is 0.384 e. The number of nitrogens with zero attached hydrogens (tertiary/aromatic N) is 3. The van der Waals surface area contributed by atoms with E-state index in [-0.39, 0.29) is 96.4 Å². The Kier molecular flexibility index (Phi) is 45.7. The molecule has 3 N–H and O–H groups in total. The van der Waals surface area contributed by atoms with Gasteiger partial charge in [-0.3, -0.25) is 28.4 Å². The van der Waals surface area contributed by atoms with Crippen LogP contribution in [0.25, 0.3) is 0 Å². The van der Waals surface area contributed by atoms with E-state index in [1.807, 2.05) is 14.7 Å². The van der Waals surface area contributed by atoms with Crippen LogP contribution in [0.4, 0.5) is 0 Å². The van der Waals surface area contributed by atoms with Gasteiger partial charge in [-0.1, -0.05) is 234 Å². The molecule has 0 spiro atoms. The molecule has 0 radical (unpaired) electrons. The van der Waals surface area contributed by atoms with Crippen LogP contribution >= 0.6 is 42.3 Å². The van der Waals surface area contributed by atoms with Gasteiger partial charge < -0.3 is 41.9 Å². The van der Waals surface area contributed by atoms with E-state index in [9.17, 15) is 28.4 Å². The first kappa shape index (κ1) is 77.0. The second kappa shape index (κ2) is 46.3. The number of unbranched alkanes of at least 4 members (excludes halogenated alkanes) is 30. The largest absolute Gasteiger partial charge is 0.384 e. The Morgan fingerprint density at radius 1 is 0.269 bits per heavy atom. The molecule has 6 atom stereocenters. The van der Waals surface area contributed by atoms with Crippen molar-refractivity contribution in [1.29, 1.82) is 0 Å². The zero-order chi connectivity index (χ0) is 57.9.